The largest absolute Gasteiger partial charge is 0.494 e. The summed E-state index contributed by atoms with van der Waals surface area (Å²) in [4.78, 5) is 23.3. The Kier molecular flexibility index (Phi) is 8.52. The van der Waals surface area contributed by atoms with Gasteiger partial charge in [-0.15, -0.1) is 0 Å². The van der Waals surface area contributed by atoms with E-state index in [1.54, 1.807) is 24.3 Å². The number of carbonyl (C=O) groups excluding carboxylic acids is 2. The minimum atomic E-state index is -0.886. The van der Waals surface area contributed by atoms with E-state index in [-0.39, 0.29) is 12.5 Å². The first-order chi connectivity index (χ1) is 11.1. The van der Waals surface area contributed by atoms with Crippen LogP contribution in [0.3, 0.4) is 0 Å². The summed E-state index contributed by atoms with van der Waals surface area (Å²) >= 11 is 0. The summed E-state index contributed by atoms with van der Waals surface area (Å²) in [6.45, 7) is 4.46. The Morgan fingerprint density at radius 2 is 1.74 bits per heavy atom. The molecule has 23 heavy (non-hydrogen) atoms. The van der Waals surface area contributed by atoms with Crippen LogP contribution in [0, 0.1) is 0 Å². The molecule has 0 heterocycles. The first-order valence-corrected chi connectivity index (χ1v) is 7.38. The second-order valence-corrected chi connectivity index (χ2v) is 4.61. The maximum absolute atomic E-state index is 11.7. The maximum atomic E-state index is 11.7. The van der Waals surface area contributed by atoms with Crippen LogP contribution in [0.2, 0.25) is 0 Å². The predicted octanol–water partition coefficient (Wildman–Crippen LogP) is 1.16. The molecule has 0 saturated carbocycles. The van der Waals surface area contributed by atoms with Crippen molar-refractivity contribution in [3.05, 3.63) is 24.3 Å². The van der Waals surface area contributed by atoms with Gasteiger partial charge in [-0.3, -0.25) is 4.79 Å². The van der Waals surface area contributed by atoms with E-state index in [1.165, 1.54) is 14.0 Å². The van der Waals surface area contributed by atoms with E-state index in [4.69, 9.17) is 18.9 Å². The summed E-state index contributed by atoms with van der Waals surface area (Å²) in [6.07, 6.45) is -0.886. The van der Waals surface area contributed by atoms with Crippen LogP contribution in [-0.2, 0) is 19.1 Å². The predicted molar refractivity (Wildman–Crippen MR) is 83.5 cm³/mol. The Balaban J connectivity index is 2.31. The zero-order valence-electron chi connectivity index (χ0n) is 13.7. The highest BCUT2D eigenvalue weighted by atomic mass is 16.6. The molecule has 128 valence electrons. The quantitative estimate of drug-likeness (QED) is 0.513. The van der Waals surface area contributed by atoms with Gasteiger partial charge in [0.25, 0.3) is 5.91 Å². The third-order valence-electron chi connectivity index (χ3n) is 2.77. The number of hydrogen-bond donors (Lipinski definition) is 1. The van der Waals surface area contributed by atoms with Crippen LogP contribution in [-0.4, -0.2) is 51.5 Å². The number of ether oxygens (including phenoxy) is 4. The normalized spacial score (nSPS) is 11.4. The zero-order valence-corrected chi connectivity index (χ0v) is 13.7. The van der Waals surface area contributed by atoms with Crippen LogP contribution in [0.1, 0.15) is 13.8 Å². The molecular formula is C16H23NO6. The van der Waals surface area contributed by atoms with E-state index in [0.717, 1.165) is 5.75 Å². The minimum Gasteiger partial charge on any atom is -0.494 e. The SMILES string of the molecule is CCOc1ccc(OCC(=O)O[C@H](C)C(=O)NCCOC)cc1. The summed E-state index contributed by atoms with van der Waals surface area (Å²) < 4.78 is 20.4. The average Bonchev–Trinajstić information content (AvgIpc) is 2.54. The Morgan fingerprint density at radius 1 is 1.13 bits per heavy atom. The standard InChI is InChI=1S/C16H23NO6/c1-4-21-13-5-7-14(8-6-13)22-11-15(18)23-12(2)16(19)17-9-10-20-3/h5-8,12H,4,9-11H2,1-3H3,(H,17,19)/t12-/m1/s1. The number of carbonyl (C=O) groups is 2. The lowest BCUT2D eigenvalue weighted by molar-refractivity contribution is -0.156. The zero-order chi connectivity index (χ0) is 17.1. The number of benzene rings is 1. The average molecular weight is 325 g/mol. The molecule has 0 unspecified atom stereocenters. The van der Waals surface area contributed by atoms with Gasteiger partial charge >= 0.3 is 5.97 Å². The van der Waals surface area contributed by atoms with E-state index in [1.807, 2.05) is 6.92 Å². The highest BCUT2D eigenvalue weighted by Gasteiger charge is 2.17. The summed E-state index contributed by atoms with van der Waals surface area (Å²) in [7, 11) is 1.54. The summed E-state index contributed by atoms with van der Waals surface area (Å²) in [5.74, 6) is 0.246. The van der Waals surface area contributed by atoms with Gasteiger partial charge in [0.15, 0.2) is 12.7 Å². The topological polar surface area (TPSA) is 83.1 Å². The molecule has 1 atom stereocenters. The molecule has 0 aliphatic heterocycles. The molecule has 1 amide bonds. The highest BCUT2D eigenvalue weighted by Crippen LogP contribution is 2.17. The fourth-order valence-electron chi connectivity index (χ4n) is 1.65. The maximum Gasteiger partial charge on any atom is 0.344 e. The minimum absolute atomic E-state index is 0.274. The molecular weight excluding hydrogens is 302 g/mol. The molecule has 0 fully saturated rings. The molecule has 0 aliphatic rings. The lowest BCUT2D eigenvalue weighted by Crippen LogP contribution is -2.38. The fraction of sp³-hybridized carbons (Fsp3) is 0.500. The Labute approximate surface area is 135 Å². The van der Waals surface area contributed by atoms with Crippen molar-refractivity contribution >= 4 is 11.9 Å². The van der Waals surface area contributed by atoms with Crippen molar-refractivity contribution in [3.63, 3.8) is 0 Å². The molecule has 1 aromatic rings. The van der Waals surface area contributed by atoms with Crippen molar-refractivity contribution < 1.29 is 28.5 Å². The third-order valence-corrected chi connectivity index (χ3v) is 2.77. The van der Waals surface area contributed by atoms with Gasteiger partial charge < -0.3 is 24.3 Å². The van der Waals surface area contributed by atoms with Gasteiger partial charge in [-0.25, -0.2) is 4.79 Å². The first kappa shape index (κ1) is 18.8. The Hall–Kier alpha value is -2.28. The van der Waals surface area contributed by atoms with Crippen molar-refractivity contribution in [1.82, 2.24) is 5.32 Å². The monoisotopic (exact) mass is 325 g/mol. The van der Waals surface area contributed by atoms with E-state index in [9.17, 15) is 9.59 Å². The molecule has 0 radical (unpaired) electrons. The Morgan fingerprint density at radius 3 is 2.30 bits per heavy atom. The molecule has 0 bridgehead atoms. The molecule has 0 aliphatic carbocycles. The van der Waals surface area contributed by atoms with Crippen molar-refractivity contribution in [2.45, 2.75) is 20.0 Å². The van der Waals surface area contributed by atoms with Gasteiger partial charge in [-0.1, -0.05) is 0 Å². The van der Waals surface area contributed by atoms with E-state index < -0.39 is 12.1 Å². The third kappa shape index (κ3) is 7.51. The van der Waals surface area contributed by atoms with Gasteiger partial charge in [0.05, 0.1) is 13.2 Å². The molecule has 7 heteroatoms. The van der Waals surface area contributed by atoms with Crippen molar-refractivity contribution in [2.75, 3.05) is 33.5 Å². The Bertz CT molecular complexity index is 488. The molecule has 7 nitrogen and oxygen atoms in total. The van der Waals surface area contributed by atoms with E-state index in [2.05, 4.69) is 5.32 Å². The number of amides is 1. The molecule has 0 saturated heterocycles. The van der Waals surface area contributed by atoms with E-state index >= 15 is 0 Å². The van der Waals surface area contributed by atoms with E-state index in [0.29, 0.717) is 25.5 Å². The lowest BCUT2D eigenvalue weighted by atomic mass is 10.3. The van der Waals surface area contributed by atoms with Crippen LogP contribution >= 0.6 is 0 Å². The molecule has 1 rings (SSSR count). The van der Waals surface area contributed by atoms with Gasteiger partial charge in [0.1, 0.15) is 11.5 Å². The van der Waals surface area contributed by atoms with Gasteiger partial charge in [-0.2, -0.15) is 0 Å². The second-order valence-electron chi connectivity index (χ2n) is 4.61. The van der Waals surface area contributed by atoms with Crippen molar-refractivity contribution in [2.24, 2.45) is 0 Å². The molecule has 1 N–H and O–H groups in total. The van der Waals surface area contributed by atoms with Crippen LogP contribution in [0.5, 0.6) is 11.5 Å². The first-order valence-electron chi connectivity index (χ1n) is 7.38. The number of rotatable bonds is 10. The summed E-state index contributed by atoms with van der Waals surface area (Å²) in [5.41, 5.74) is 0. The second kappa shape index (κ2) is 10.4. The number of hydrogen-bond acceptors (Lipinski definition) is 6. The van der Waals surface area contributed by atoms with Crippen molar-refractivity contribution in [1.29, 1.82) is 0 Å². The van der Waals surface area contributed by atoms with Crippen LogP contribution in [0.15, 0.2) is 24.3 Å². The van der Waals surface area contributed by atoms with Gasteiger partial charge in [-0.05, 0) is 38.1 Å². The van der Waals surface area contributed by atoms with Gasteiger partial charge in [0, 0.05) is 13.7 Å². The van der Waals surface area contributed by atoms with Crippen LogP contribution < -0.4 is 14.8 Å². The fourth-order valence-corrected chi connectivity index (χ4v) is 1.65. The number of methoxy groups -OCH3 is 1. The smallest absolute Gasteiger partial charge is 0.344 e. The molecule has 0 aromatic heterocycles. The molecule has 1 aromatic carbocycles. The van der Waals surface area contributed by atoms with Gasteiger partial charge in [0.2, 0.25) is 0 Å². The van der Waals surface area contributed by atoms with Crippen molar-refractivity contribution in [3.8, 4) is 11.5 Å². The lowest BCUT2D eigenvalue weighted by Gasteiger charge is -2.13. The van der Waals surface area contributed by atoms with Crippen LogP contribution in [0.4, 0.5) is 0 Å². The van der Waals surface area contributed by atoms with Crippen LogP contribution in [0.25, 0.3) is 0 Å². The highest BCUT2D eigenvalue weighted by molar-refractivity contribution is 5.83. The summed E-state index contributed by atoms with van der Waals surface area (Å²) in [5, 5.41) is 2.58. The number of esters is 1. The summed E-state index contributed by atoms with van der Waals surface area (Å²) in [6, 6.07) is 6.88. The molecule has 0 spiro atoms. The number of nitrogens with one attached hydrogen (secondary N) is 1.